The molecule has 0 aromatic rings. The van der Waals surface area contributed by atoms with Crippen LogP contribution in [0.3, 0.4) is 0 Å². The van der Waals surface area contributed by atoms with Gasteiger partial charge in [-0.2, -0.15) is 0 Å². The number of alkyl halides is 2. The van der Waals surface area contributed by atoms with Crippen LogP contribution in [0.2, 0.25) is 0 Å². The van der Waals surface area contributed by atoms with E-state index in [9.17, 15) is 4.39 Å². The zero-order valence-corrected chi connectivity index (χ0v) is 5.17. The molecule has 0 amide bonds. The van der Waals surface area contributed by atoms with E-state index in [1.54, 1.807) is 0 Å². The highest BCUT2D eigenvalue weighted by Gasteiger charge is 2.59. The minimum Gasteiger partial charge on any atom is -0.226 e. The summed E-state index contributed by atoms with van der Waals surface area (Å²) in [5.74, 6) is 0.128. The number of halogens is 2. The monoisotopic (exact) mass is 122 g/mol. The van der Waals surface area contributed by atoms with Crippen molar-refractivity contribution in [3.63, 3.8) is 0 Å². The summed E-state index contributed by atoms with van der Waals surface area (Å²) in [5.41, 5.74) is 0. The van der Waals surface area contributed by atoms with Crippen LogP contribution in [0.5, 0.6) is 0 Å². The fourth-order valence-electron chi connectivity index (χ4n) is 0.674. The molecule has 1 saturated carbocycles. The fourth-order valence-corrected chi connectivity index (χ4v) is 0.989. The molecule has 0 spiro atoms. The first-order valence-electron chi connectivity index (χ1n) is 2.44. The minimum atomic E-state index is -1.36. The quantitative estimate of drug-likeness (QED) is 0.432. The molecular weight excluding hydrogens is 115 g/mol. The standard InChI is InChI=1S/C5H8ClF/c1-3-4(2)5(3,6)7/h3-4H,1-2H3. The van der Waals surface area contributed by atoms with Crippen LogP contribution in [0.15, 0.2) is 0 Å². The summed E-state index contributed by atoms with van der Waals surface area (Å²) < 4.78 is 12.4. The molecule has 0 saturated heterocycles. The predicted molar refractivity (Wildman–Crippen MR) is 28.0 cm³/mol. The molecule has 0 heterocycles. The molecule has 2 unspecified atom stereocenters. The van der Waals surface area contributed by atoms with Gasteiger partial charge in [0, 0.05) is 11.8 Å². The van der Waals surface area contributed by atoms with Crippen molar-refractivity contribution in [2.75, 3.05) is 0 Å². The van der Waals surface area contributed by atoms with E-state index >= 15 is 0 Å². The average Bonchev–Trinajstić information content (AvgIpc) is 1.91. The topological polar surface area (TPSA) is 0 Å². The van der Waals surface area contributed by atoms with Crippen LogP contribution in [0, 0.1) is 11.8 Å². The van der Waals surface area contributed by atoms with Crippen LogP contribution in [-0.4, -0.2) is 5.13 Å². The molecule has 0 aliphatic heterocycles. The van der Waals surface area contributed by atoms with E-state index in [2.05, 4.69) is 0 Å². The molecule has 2 heteroatoms. The first kappa shape index (κ1) is 5.36. The second kappa shape index (κ2) is 1.13. The highest BCUT2D eigenvalue weighted by Crippen LogP contribution is 2.56. The summed E-state index contributed by atoms with van der Waals surface area (Å²) in [5, 5.41) is -1.36. The Kier molecular flexibility index (Phi) is 0.869. The Morgan fingerprint density at radius 1 is 1.43 bits per heavy atom. The van der Waals surface area contributed by atoms with Gasteiger partial charge in [-0.25, -0.2) is 4.39 Å². The Labute approximate surface area is 47.7 Å². The van der Waals surface area contributed by atoms with Gasteiger partial charge >= 0.3 is 0 Å². The van der Waals surface area contributed by atoms with Crippen molar-refractivity contribution in [2.45, 2.75) is 19.0 Å². The van der Waals surface area contributed by atoms with Crippen LogP contribution in [0.1, 0.15) is 13.8 Å². The minimum absolute atomic E-state index is 0.0640. The van der Waals surface area contributed by atoms with Gasteiger partial charge in [-0.3, -0.25) is 0 Å². The Balaban J connectivity index is 2.52. The zero-order valence-electron chi connectivity index (χ0n) is 4.41. The molecule has 2 atom stereocenters. The van der Waals surface area contributed by atoms with Gasteiger partial charge in [0.1, 0.15) is 0 Å². The van der Waals surface area contributed by atoms with E-state index in [1.807, 2.05) is 13.8 Å². The lowest BCUT2D eigenvalue weighted by Gasteiger charge is -1.85. The first-order valence-corrected chi connectivity index (χ1v) is 2.82. The molecular formula is C5H8ClF. The van der Waals surface area contributed by atoms with Crippen LogP contribution < -0.4 is 0 Å². The molecule has 0 aromatic heterocycles. The Morgan fingerprint density at radius 2 is 1.57 bits per heavy atom. The SMILES string of the molecule is CC1C(C)C1(F)Cl. The van der Waals surface area contributed by atoms with E-state index in [1.165, 1.54) is 0 Å². The first-order chi connectivity index (χ1) is 3.07. The van der Waals surface area contributed by atoms with Crippen LogP contribution >= 0.6 is 11.6 Å². The van der Waals surface area contributed by atoms with Crippen molar-refractivity contribution in [2.24, 2.45) is 11.8 Å². The summed E-state index contributed by atoms with van der Waals surface area (Å²) in [6, 6.07) is 0. The molecule has 42 valence electrons. The van der Waals surface area contributed by atoms with Crippen molar-refractivity contribution in [3.05, 3.63) is 0 Å². The van der Waals surface area contributed by atoms with Crippen LogP contribution in [0.4, 0.5) is 4.39 Å². The second-order valence-corrected chi connectivity index (χ2v) is 2.83. The number of hydrogen-bond donors (Lipinski definition) is 0. The predicted octanol–water partition coefficient (Wildman–Crippen LogP) is 2.18. The number of rotatable bonds is 0. The normalized spacial score (nSPS) is 60.0. The van der Waals surface area contributed by atoms with Crippen LogP contribution in [0.25, 0.3) is 0 Å². The molecule has 1 fully saturated rings. The van der Waals surface area contributed by atoms with Gasteiger partial charge < -0.3 is 0 Å². The molecule has 0 bridgehead atoms. The molecule has 0 nitrogen and oxygen atoms in total. The smallest absolute Gasteiger partial charge is 0.189 e. The van der Waals surface area contributed by atoms with Gasteiger partial charge in [-0.05, 0) is 0 Å². The van der Waals surface area contributed by atoms with Gasteiger partial charge in [0.05, 0.1) is 0 Å². The molecule has 1 aliphatic rings. The van der Waals surface area contributed by atoms with Crippen molar-refractivity contribution >= 4 is 11.6 Å². The third-order valence-corrected chi connectivity index (χ3v) is 2.54. The van der Waals surface area contributed by atoms with Crippen molar-refractivity contribution in [3.8, 4) is 0 Å². The molecule has 0 N–H and O–H groups in total. The summed E-state index contributed by atoms with van der Waals surface area (Å²) in [6.07, 6.45) is 0. The lowest BCUT2D eigenvalue weighted by molar-refractivity contribution is 0.387. The average molecular weight is 123 g/mol. The van der Waals surface area contributed by atoms with E-state index in [0.29, 0.717) is 0 Å². The van der Waals surface area contributed by atoms with Gasteiger partial charge in [-0.1, -0.05) is 25.4 Å². The van der Waals surface area contributed by atoms with E-state index in [0.717, 1.165) is 0 Å². The maximum Gasteiger partial charge on any atom is 0.189 e. The third-order valence-electron chi connectivity index (χ3n) is 1.86. The van der Waals surface area contributed by atoms with Gasteiger partial charge in [0.25, 0.3) is 0 Å². The van der Waals surface area contributed by atoms with Crippen LogP contribution in [-0.2, 0) is 0 Å². The van der Waals surface area contributed by atoms with E-state index in [-0.39, 0.29) is 11.8 Å². The summed E-state index contributed by atoms with van der Waals surface area (Å²) in [6.45, 7) is 3.63. The second-order valence-electron chi connectivity index (χ2n) is 2.25. The highest BCUT2D eigenvalue weighted by atomic mass is 35.5. The molecule has 1 aliphatic carbocycles. The van der Waals surface area contributed by atoms with Gasteiger partial charge in [-0.15, -0.1) is 0 Å². The van der Waals surface area contributed by atoms with E-state index in [4.69, 9.17) is 11.6 Å². The van der Waals surface area contributed by atoms with Crippen molar-refractivity contribution < 1.29 is 4.39 Å². The maximum absolute atomic E-state index is 12.4. The molecule has 0 radical (unpaired) electrons. The summed E-state index contributed by atoms with van der Waals surface area (Å²) in [7, 11) is 0. The highest BCUT2D eigenvalue weighted by molar-refractivity contribution is 6.25. The Bertz CT molecular complexity index is 80.1. The maximum atomic E-state index is 12.4. The Hall–Kier alpha value is 0.220. The number of hydrogen-bond acceptors (Lipinski definition) is 0. The lowest BCUT2D eigenvalue weighted by Crippen LogP contribution is -1.87. The molecule has 0 aromatic carbocycles. The summed E-state index contributed by atoms with van der Waals surface area (Å²) >= 11 is 5.28. The third kappa shape index (κ3) is 0.548. The van der Waals surface area contributed by atoms with Gasteiger partial charge in [0.2, 0.25) is 0 Å². The van der Waals surface area contributed by atoms with Gasteiger partial charge in [0.15, 0.2) is 5.13 Å². The molecule has 7 heavy (non-hydrogen) atoms. The van der Waals surface area contributed by atoms with E-state index < -0.39 is 5.13 Å². The lowest BCUT2D eigenvalue weighted by atomic mass is 10.4. The fraction of sp³-hybridized carbons (Fsp3) is 1.00. The summed E-state index contributed by atoms with van der Waals surface area (Å²) in [4.78, 5) is 0. The Morgan fingerprint density at radius 3 is 1.57 bits per heavy atom. The zero-order chi connectivity index (χ0) is 5.65. The largest absolute Gasteiger partial charge is 0.226 e. The van der Waals surface area contributed by atoms with Crippen molar-refractivity contribution in [1.29, 1.82) is 0 Å². The van der Waals surface area contributed by atoms with Crippen molar-refractivity contribution in [1.82, 2.24) is 0 Å². The molecule has 1 rings (SSSR count).